The third-order valence-electron chi connectivity index (χ3n) is 3.46. The van der Waals surface area contributed by atoms with Crippen molar-refractivity contribution in [2.45, 2.75) is 32.2 Å². The van der Waals surface area contributed by atoms with Gasteiger partial charge in [-0.1, -0.05) is 0 Å². The van der Waals surface area contributed by atoms with Gasteiger partial charge in [-0.2, -0.15) is 0 Å². The van der Waals surface area contributed by atoms with Crippen LogP contribution in [-0.2, 0) is 20.7 Å². The summed E-state index contributed by atoms with van der Waals surface area (Å²) in [6.07, 6.45) is 1.49. The van der Waals surface area contributed by atoms with E-state index in [1.165, 1.54) is 33.2 Å². The van der Waals surface area contributed by atoms with Crippen LogP contribution in [0.5, 0.6) is 0 Å². The molecule has 0 aliphatic rings. The Kier molecular flexibility index (Phi) is 5.51. The number of aryl methyl sites for hydroxylation is 1. The second kappa shape index (κ2) is 7.42. The van der Waals surface area contributed by atoms with E-state index < -0.39 is 23.1 Å². The smallest absolute Gasteiger partial charge is 0.330 e. The largest absolute Gasteiger partial charge is 0.467 e. The van der Waals surface area contributed by atoms with Crippen LogP contribution in [0.1, 0.15) is 26.2 Å². The summed E-state index contributed by atoms with van der Waals surface area (Å²) in [6, 6.07) is 3.11. The van der Waals surface area contributed by atoms with Gasteiger partial charge in [-0.15, -0.1) is 0 Å². The standard InChI is InChI=1S/C17H18F2N2O4/c1-17(2,16(23)24-3)21-14(22)6-7-15-20-9-13(25-15)11-5-4-10(18)8-12(11)19/h4-5,8-9H,6-7H2,1-3H3,(H,21,22). The van der Waals surface area contributed by atoms with Crippen LogP contribution < -0.4 is 5.32 Å². The SMILES string of the molecule is COC(=O)C(C)(C)NC(=O)CCc1ncc(-c2ccc(F)cc2F)o1. The predicted octanol–water partition coefficient (Wildman–Crippen LogP) is 2.62. The molecule has 1 N–H and O–H groups in total. The molecule has 8 heteroatoms. The van der Waals surface area contributed by atoms with Gasteiger partial charge in [0.25, 0.3) is 0 Å². The summed E-state index contributed by atoms with van der Waals surface area (Å²) in [5, 5.41) is 2.55. The summed E-state index contributed by atoms with van der Waals surface area (Å²) < 4.78 is 36.6. The second-order valence-electron chi connectivity index (χ2n) is 5.91. The molecular formula is C17H18F2N2O4. The Balaban J connectivity index is 1.98. The zero-order valence-corrected chi connectivity index (χ0v) is 14.1. The normalized spacial score (nSPS) is 11.2. The fourth-order valence-corrected chi connectivity index (χ4v) is 2.18. The maximum Gasteiger partial charge on any atom is 0.330 e. The molecule has 0 radical (unpaired) electrons. The van der Waals surface area contributed by atoms with Crippen molar-refractivity contribution in [3.8, 4) is 11.3 Å². The van der Waals surface area contributed by atoms with Gasteiger partial charge in [-0.05, 0) is 26.0 Å². The molecule has 1 aromatic carbocycles. The van der Waals surface area contributed by atoms with E-state index in [0.717, 1.165) is 12.1 Å². The van der Waals surface area contributed by atoms with Crippen LogP contribution in [-0.4, -0.2) is 29.5 Å². The Morgan fingerprint density at radius 1 is 1.32 bits per heavy atom. The van der Waals surface area contributed by atoms with Crippen molar-refractivity contribution in [2.24, 2.45) is 0 Å². The van der Waals surface area contributed by atoms with Crippen molar-refractivity contribution in [2.75, 3.05) is 7.11 Å². The number of ether oxygens (including phenoxy) is 1. The Morgan fingerprint density at radius 3 is 2.68 bits per heavy atom. The van der Waals surface area contributed by atoms with Crippen molar-refractivity contribution in [1.82, 2.24) is 10.3 Å². The number of methoxy groups -OCH3 is 1. The zero-order valence-electron chi connectivity index (χ0n) is 14.1. The van der Waals surface area contributed by atoms with E-state index in [1.807, 2.05) is 0 Å². The van der Waals surface area contributed by atoms with Crippen LogP contribution in [0.3, 0.4) is 0 Å². The maximum absolute atomic E-state index is 13.7. The van der Waals surface area contributed by atoms with Gasteiger partial charge in [0.1, 0.15) is 17.2 Å². The van der Waals surface area contributed by atoms with Crippen LogP contribution in [0.4, 0.5) is 8.78 Å². The van der Waals surface area contributed by atoms with Gasteiger partial charge in [0.05, 0.1) is 18.9 Å². The Labute approximate surface area is 143 Å². The number of oxazole rings is 1. The summed E-state index contributed by atoms with van der Waals surface area (Å²) >= 11 is 0. The fraction of sp³-hybridized carbons (Fsp3) is 0.353. The van der Waals surface area contributed by atoms with E-state index in [4.69, 9.17) is 4.42 Å². The van der Waals surface area contributed by atoms with Crippen LogP contribution >= 0.6 is 0 Å². The molecule has 1 heterocycles. The molecule has 2 rings (SSSR count). The van der Waals surface area contributed by atoms with E-state index in [9.17, 15) is 18.4 Å². The summed E-state index contributed by atoms with van der Waals surface area (Å²) in [5.41, 5.74) is -1.07. The van der Waals surface area contributed by atoms with E-state index >= 15 is 0 Å². The Bertz CT molecular complexity index is 787. The minimum atomic E-state index is -1.15. The number of carbonyl (C=O) groups excluding carboxylic acids is 2. The molecule has 0 saturated carbocycles. The molecule has 25 heavy (non-hydrogen) atoms. The van der Waals surface area contributed by atoms with E-state index in [2.05, 4.69) is 15.0 Å². The number of nitrogens with zero attached hydrogens (tertiary/aromatic N) is 1. The van der Waals surface area contributed by atoms with Gasteiger partial charge in [0.2, 0.25) is 5.91 Å². The molecule has 2 aromatic rings. The molecule has 0 atom stereocenters. The number of carbonyl (C=O) groups is 2. The molecule has 0 unspecified atom stereocenters. The van der Waals surface area contributed by atoms with E-state index in [0.29, 0.717) is 0 Å². The number of hydrogen-bond donors (Lipinski definition) is 1. The lowest BCUT2D eigenvalue weighted by Gasteiger charge is -2.22. The van der Waals surface area contributed by atoms with Gasteiger partial charge < -0.3 is 14.5 Å². The van der Waals surface area contributed by atoms with Crippen LogP contribution in [0, 0.1) is 11.6 Å². The molecule has 1 amide bonds. The lowest BCUT2D eigenvalue weighted by atomic mass is 10.1. The quantitative estimate of drug-likeness (QED) is 0.808. The average Bonchev–Trinajstić information content (AvgIpc) is 3.00. The number of nitrogens with one attached hydrogen (secondary N) is 1. The summed E-state index contributed by atoms with van der Waals surface area (Å²) in [4.78, 5) is 27.4. The van der Waals surface area contributed by atoms with Crippen LogP contribution in [0.25, 0.3) is 11.3 Å². The van der Waals surface area contributed by atoms with Gasteiger partial charge in [-0.25, -0.2) is 18.6 Å². The zero-order chi connectivity index (χ0) is 18.6. The Morgan fingerprint density at radius 2 is 2.04 bits per heavy atom. The number of hydrogen-bond acceptors (Lipinski definition) is 5. The number of rotatable bonds is 6. The van der Waals surface area contributed by atoms with Crippen LogP contribution in [0.2, 0.25) is 0 Å². The van der Waals surface area contributed by atoms with Gasteiger partial charge in [-0.3, -0.25) is 4.79 Å². The maximum atomic E-state index is 13.7. The minimum absolute atomic E-state index is 0.0201. The van der Waals surface area contributed by atoms with Crippen molar-refractivity contribution < 1.29 is 27.5 Å². The van der Waals surface area contributed by atoms with Crippen molar-refractivity contribution in [1.29, 1.82) is 0 Å². The van der Waals surface area contributed by atoms with Crippen molar-refractivity contribution in [3.05, 3.63) is 41.9 Å². The van der Waals surface area contributed by atoms with Crippen molar-refractivity contribution in [3.63, 3.8) is 0 Å². The molecule has 134 valence electrons. The van der Waals surface area contributed by atoms with Gasteiger partial charge in [0.15, 0.2) is 11.7 Å². The fourth-order valence-electron chi connectivity index (χ4n) is 2.18. The third-order valence-corrected chi connectivity index (χ3v) is 3.46. The first kappa shape index (κ1) is 18.6. The number of benzene rings is 1. The van der Waals surface area contributed by atoms with Gasteiger partial charge >= 0.3 is 5.97 Å². The second-order valence-corrected chi connectivity index (χ2v) is 5.91. The highest BCUT2D eigenvalue weighted by Gasteiger charge is 2.30. The molecule has 0 spiro atoms. The topological polar surface area (TPSA) is 81.4 Å². The number of halogens is 2. The number of amides is 1. The van der Waals surface area contributed by atoms with Gasteiger partial charge in [0, 0.05) is 18.9 Å². The molecule has 0 bridgehead atoms. The minimum Gasteiger partial charge on any atom is -0.467 e. The molecule has 6 nitrogen and oxygen atoms in total. The van der Waals surface area contributed by atoms with E-state index in [-0.39, 0.29) is 36.0 Å². The molecule has 1 aromatic heterocycles. The highest BCUT2D eigenvalue weighted by atomic mass is 19.1. The molecule has 0 aliphatic heterocycles. The highest BCUT2D eigenvalue weighted by Crippen LogP contribution is 2.24. The van der Waals surface area contributed by atoms with E-state index in [1.54, 1.807) is 0 Å². The lowest BCUT2D eigenvalue weighted by molar-refractivity contribution is -0.149. The predicted molar refractivity (Wildman–Crippen MR) is 84.4 cm³/mol. The number of esters is 1. The molecule has 0 fully saturated rings. The van der Waals surface area contributed by atoms with Crippen molar-refractivity contribution >= 4 is 11.9 Å². The summed E-state index contributed by atoms with van der Waals surface area (Å²) in [7, 11) is 1.24. The third kappa shape index (κ3) is 4.62. The molecule has 0 aliphatic carbocycles. The first-order valence-electron chi connectivity index (χ1n) is 7.52. The highest BCUT2D eigenvalue weighted by molar-refractivity contribution is 5.87. The summed E-state index contributed by atoms with van der Waals surface area (Å²) in [5.74, 6) is -2.03. The average molecular weight is 352 g/mol. The first-order chi connectivity index (χ1) is 11.7. The van der Waals surface area contributed by atoms with Crippen LogP contribution in [0.15, 0.2) is 28.8 Å². The molecular weight excluding hydrogens is 334 g/mol. The summed E-state index contributed by atoms with van der Waals surface area (Å²) in [6.45, 7) is 3.05. The number of aromatic nitrogens is 1. The molecule has 0 saturated heterocycles. The Hall–Kier alpha value is -2.77. The first-order valence-corrected chi connectivity index (χ1v) is 7.52. The lowest BCUT2D eigenvalue weighted by Crippen LogP contribution is -2.50. The monoisotopic (exact) mass is 352 g/mol.